The van der Waals surface area contributed by atoms with Gasteiger partial charge in [0.05, 0.1) is 12.2 Å². The molecule has 0 atom stereocenters. The standard InChI is InChI=1S/C14H19NO2/c15-9-2-1-8-13(16)12-7-3-5-11-6-4-10-17-14(11)12/h3,5,7H,1-2,4,6,8-10,15H2. The van der Waals surface area contributed by atoms with Crippen LogP contribution in [0.15, 0.2) is 18.2 Å². The molecule has 0 amide bonds. The largest absolute Gasteiger partial charge is 0.493 e. The molecule has 0 saturated heterocycles. The number of benzene rings is 1. The summed E-state index contributed by atoms with van der Waals surface area (Å²) in [5.41, 5.74) is 7.35. The van der Waals surface area contributed by atoms with Crippen LogP contribution in [0.5, 0.6) is 5.75 Å². The van der Waals surface area contributed by atoms with Crippen LogP contribution in [0.3, 0.4) is 0 Å². The van der Waals surface area contributed by atoms with E-state index in [0.29, 0.717) is 13.0 Å². The van der Waals surface area contributed by atoms with Gasteiger partial charge in [-0.1, -0.05) is 12.1 Å². The molecule has 17 heavy (non-hydrogen) atoms. The molecule has 0 saturated carbocycles. The molecule has 0 spiro atoms. The molecule has 1 aliphatic heterocycles. The molecule has 0 aromatic heterocycles. The highest BCUT2D eigenvalue weighted by molar-refractivity contribution is 5.99. The van der Waals surface area contributed by atoms with E-state index in [9.17, 15) is 4.79 Å². The van der Waals surface area contributed by atoms with Crippen LogP contribution in [0.25, 0.3) is 0 Å². The summed E-state index contributed by atoms with van der Waals surface area (Å²) < 4.78 is 5.64. The Hall–Kier alpha value is -1.35. The van der Waals surface area contributed by atoms with Crippen molar-refractivity contribution >= 4 is 5.78 Å². The highest BCUT2D eigenvalue weighted by Crippen LogP contribution is 2.29. The molecule has 3 heteroatoms. The lowest BCUT2D eigenvalue weighted by atomic mass is 9.98. The molecule has 0 radical (unpaired) electrons. The molecule has 1 heterocycles. The van der Waals surface area contributed by atoms with E-state index in [2.05, 4.69) is 0 Å². The van der Waals surface area contributed by atoms with Gasteiger partial charge in [0.25, 0.3) is 0 Å². The number of Topliss-reactive ketones (excluding diaryl/α,β-unsaturated/α-hetero) is 1. The summed E-state index contributed by atoms with van der Waals surface area (Å²) in [6, 6.07) is 5.86. The van der Waals surface area contributed by atoms with Gasteiger partial charge in [-0.3, -0.25) is 4.79 Å². The molecule has 0 unspecified atom stereocenters. The number of unbranched alkanes of at least 4 members (excludes halogenated alkanes) is 1. The van der Waals surface area contributed by atoms with Crippen molar-refractivity contribution in [3.05, 3.63) is 29.3 Å². The maximum absolute atomic E-state index is 12.1. The van der Waals surface area contributed by atoms with Gasteiger partial charge in [0, 0.05) is 6.42 Å². The van der Waals surface area contributed by atoms with Gasteiger partial charge in [-0.05, 0) is 43.9 Å². The van der Waals surface area contributed by atoms with Crippen LogP contribution >= 0.6 is 0 Å². The van der Waals surface area contributed by atoms with Gasteiger partial charge in [-0.25, -0.2) is 0 Å². The fourth-order valence-electron chi connectivity index (χ4n) is 2.17. The monoisotopic (exact) mass is 233 g/mol. The number of carbonyl (C=O) groups is 1. The second kappa shape index (κ2) is 5.82. The Morgan fingerprint density at radius 2 is 2.24 bits per heavy atom. The third kappa shape index (κ3) is 2.86. The Labute approximate surface area is 102 Å². The highest BCUT2D eigenvalue weighted by Gasteiger charge is 2.18. The summed E-state index contributed by atoms with van der Waals surface area (Å²) in [6.07, 6.45) is 4.38. The van der Waals surface area contributed by atoms with Crippen LogP contribution in [-0.4, -0.2) is 18.9 Å². The minimum absolute atomic E-state index is 0.178. The van der Waals surface area contributed by atoms with Crippen LogP contribution in [-0.2, 0) is 6.42 Å². The van der Waals surface area contributed by atoms with Gasteiger partial charge in [0.1, 0.15) is 5.75 Å². The van der Waals surface area contributed by atoms with Gasteiger partial charge < -0.3 is 10.5 Å². The Morgan fingerprint density at radius 3 is 3.06 bits per heavy atom. The molecule has 2 rings (SSSR count). The van der Waals surface area contributed by atoms with Gasteiger partial charge in [-0.2, -0.15) is 0 Å². The number of hydrogen-bond acceptors (Lipinski definition) is 3. The zero-order chi connectivity index (χ0) is 12.1. The van der Waals surface area contributed by atoms with E-state index in [-0.39, 0.29) is 5.78 Å². The van der Waals surface area contributed by atoms with Crippen molar-refractivity contribution in [3.8, 4) is 5.75 Å². The van der Waals surface area contributed by atoms with Crippen molar-refractivity contribution in [3.63, 3.8) is 0 Å². The number of carbonyl (C=O) groups excluding carboxylic acids is 1. The maximum atomic E-state index is 12.1. The first-order valence-corrected chi connectivity index (χ1v) is 6.31. The lowest BCUT2D eigenvalue weighted by Crippen LogP contribution is -2.13. The van der Waals surface area contributed by atoms with Gasteiger partial charge in [0.2, 0.25) is 0 Å². The van der Waals surface area contributed by atoms with Crippen molar-refractivity contribution < 1.29 is 9.53 Å². The molecule has 0 fully saturated rings. The quantitative estimate of drug-likeness (QED) is 0.627. The second-order valence-corrected chi connectivity index (χ2v) is 4.41. The average molecular weight is 233 g/mol. The highest BCUT2D eigenvalue weighted by atomic mass is 16.5. The minimum atomic E-state index is 0.178. The van der Waals surface area contributed by atoms with E-state index < -0.39 is 0 Å². The molecule has 92 valence electrons. The average Bonchev–Trinajstić information content (AvgIpc) is 2.38. The third-order valence-corrected chi connectivity index (χ3v) is 3.09. The Bertz CT molecular complexity index is 401. The number of rotatable bonds is 5. The molecule has 2 N–H and O–H groups in total. The predicted molar refractivity (Wildman–Crippen MR) is 67.5 cm³/mol. The maximum Gasteiger partial charge on any atom is 0.166 e. The molecular formula is C14H19NO2. The first-order chi connectivity index (χ1) is 8.33. The zero-order valence-electron chi connectivity index (χ0n) is 10.1. The first-order valence-electron chi connectivity index (χ1n) is 6.31. The lowest BCUT2D eigenvalue weighted by Gasteiger charge is -2.19. The number of aryl methyl sites for hydroxylation is 1. The SMILES string of the molecule is NCCCCC(=O)c1cccc2c1OCCC2. The van der Waals surface area contributed by atoms with E-state index in [1.165, 1.54) is 5.56 Å². The summed E-state index contributed by atoms with van der Waals surface area (Å²) in [5, 5.41) is 0. The van der Waals surface area contributed by atoms with E-state index in [1.54, 1.807) is 0 Å². The van der Waals surface area contributed by atoms with Crippen LogP contribution in [0.1, 0.15) is 41.6 Å². The predicted octanol–water partition coefficient (Wildman–Crippen LogP) is 2.32. The lowest BCUT2D eigenvalue weighted by molar-refractivity contribution is 0.0974. The molecule has 1 aromatic rings. The Morgan fingerprint density at radius 1 is 1.35 bits per heavy atom. The van der Waals surface area contributed by atoms with E-state index in [4.69, 9.17) is 10.5 Å². The van der Waals surface area contributed by atoms with E-state index in [1.807, 2.05) is 18.2 Å². The summed E-state index contributed by atoms with van der Waals surface area (Å²) in [7, 11) is 0. The summed E-state index contributed by atoms with van der Waals surface area (Å²) in [5.74, 6) is 0.994. The fraction of sp³-hybridized carbons (Fsp3) is 0.500. The first kappa shape index (κ1) is 12.1. The van der Waals surface area contributed by atoms with Crippen molar-refractivity contribution in [2.75, 3.05) is 13.2 Å². The van der Waals surface area contributed by atoms with Crippen LogP contribution in [0.2, 0.25) is 0 Å². The van der Waals surface area contributed by atoms with Gasteiger partial charge >= 0.3 is 0 Å². The Kier molecular flexibility index (Phi) is 4.15. The summed E-state index contributed by atoms with van der Waals surface area (Å²) in [6.45, 7) is 1.37. The fourth-order valence-corrected chi connectivity index (χ4v) is 2.17. The van der Waals surface area contributed by atoms with Gasteiger partial charge in [0.15, 0.2) is 5.78 Å². The minimum Gasteiger partial charge on any atom is -0.493 e. The van der Waals surface area contributed by atoms with Crippen molar-refractivity contribution in [2.24, 2.45) is 5.73 Å². The zero-order valence-corrected chi connectivity index (χ0v) is 10.1. The van der Waals surface area contributed by atoms with E-state index >= 15 is 0 Å². The molecule has 1 aromatic carbocycles. The normalized spacial score (nSPS) is 13.9. The number of hydrogen-bond donors (Lipinski definition) is 1. The molecule has 3 nitrogen and oxygen atoms in total. The molecule has 0 aliphatic carbocycles. The van der Waals surface area contributed by atoms with E-state index in [0.717, 1.165) is 43.6 Å². The number of ketones is 1. The number of fused-ring (bicyclic) bond motifs is 1. The van der Waals surface area contributed by atoms with Crippen LogP contribution in [0, 0.1) is 0 Å². The van der Waals surface area contributed by atoms with Crippen molar-refractivity contribution in [2.45, 2.75) is 32.1 Å². The smallest absolute Gasteiger partial charge is 0.166 e. The van der Waals surface area contributed by atoms with Crippen molar-refractivity contribution in [1.29, 1.82) is 0 Å². The number of nitrogens with two attached hydrogens (primary N) is 1. The second-order valence-electron chi connectivity index (χ2n) is 4.41. The molecular weight excluding hydrogens is 214 g/mol. The number of ether oxygens (including phenoxy) is 1. The van der Waals surface area contributed by atoms with Crippen molar-refractivity contribution in [1.82, 2.24) is 0 Å². The number of para-hydroxylation sites is 1. The summed E-state index contributed by atoms with van der Waals surface area (Å²) in [4.78, 5) is 12.1. The van der Waals surface area contributed by atoms with Crippen LogP contribution < -0.4 is 10.5 Å². The molecule has 0 bridgehead atoms. The third-order valence-electron chi connectivity index (χ3n) is 3.09. The topological polar surface area (TPSA) is 52.3 Å². The Balaban J connectivity index is 2.12. The molecule has 1 aliphatic rings. The van der Waals surface area contributed by atoms with Crippen LogP contribution in [0.4, 0.5) is 0 Å². The van der Waals surface area contributed by atoms with Gasteiger partial charge in [-0.15, -0.1) is 0 Å². The summed E-state index contributed by atoms with van der Waals surface area (Å²) >= 11 is 0.